The first-order chi connectivity index (χ1) is 11.3. The average Bonchev–Trinajstić information content (AvgIpc) is 2.98. The van der Waals surface area contributed by atoms with Crippen LogP contribution in [-0.4, -0.2) is 35.7 Å². The van der Waals surface area contributed by atoms with E-state index in [4.69, 9.17) is 4.52 Å². The predicted molar refractivity (Wildman–Crippen MR) is 107 cm³/mol. The Labute approximate surface area is 160 Å². The van der Waals surface area contributed by atoms with Crippen LogP contribution in [-0.2, 0) is 12.8 Å². The zero-order valence-electron chi connectivity index (χ0n) is 14.3. The van der Waals surface area contributed by atoms with Gasteiger partial charge in [-0.2, -0.15) is 4.98 Å². The Bertz CT molecular complexity index is 600. The predicted octanol–water partition coefficient (Wildman–Crippen LogP) is 2.73. The molecule has 0 fully saturated rings. The molecule has 0 saturated heterocycles. The van der Waals surface area contributed by atoms with Crippen molar-refractivity contribution in [2.75, 3.05) is 19.6 Å². The number of hydrogen-bond donors (Lipinski definition) is 2. The van der Waals surface area contributed by atoms with E-state index in [9.17, 15) is 0 Å². The maximum atomic E-state index is 5.09. The summed E-state index contributed by atoms with van der Waals surface area (Å²) >= 11 is 0. The highest BCUT2D eigenvalue weighted by Crippen LogP contribution is 2.00. The lowest BCUT2D eigenvalue weighted by atomic mass is 10.1. The van der Waals surface area contributed by atoms with Crippen LogP contribution < -0.4 is 10.6 Å². The first-order valence-corrected chi connectivity index (χ1v) is 8.13. The van der Waals surface area contributed by atoms with E-state index in [0.29, 0.717) is 11.7 Å². The first-order valence-electron chi connectivity index (χ1n) is 8.13. The molecule has 0 atom stereocenters. The van der Waals surface area contributed by atoms with Gasteiger partial charge < -0.3 is 15.2 Å². The summed E-state index contributed by atoms with van der Waals surface area (Å²) in [4.78, 5) is 8.76. The van der Waals surface area contributed by atoms with Crippen LogP contribution in [0.1, 0.15) is 30.6 Å². The Morgan fingerprint density at radius 1 is 1.17 bits per heavy atom. The van der Waals surface area contributed by atoms with Crippen LogP contribution in [0.2, 0.25) is 0 Å². The molecule has 7 heteroatoms. The van der Waals surface area contributed by atoms with Gasteiger partial charge in [0, 0.05) is 26.1 Å². The molecule has 0 aliphatic heterocycles. The molecule has 2 rings (SSSR count). The summed E-state index contributed by atoms with van der Waals surface area (Å²) in [5.41, 5.74) is 1.32. The summed E-state index contributed by atoms with van der Waals surface area (Å²) in [7, 11) is 0. The smallest absolute Gasteiger partial charge is 0.226 e. The van der Waals surface area contributed by atoms with Crippen molar-refractivity contribution in [3.8, 4) is 0 Å². The molecule has 2 aromatic rings. The molecule has 0 radical (unpaired) electrons. The second kappa shape index (κ2) is 11.8. The lowest BCUT2D eigenvalue weighted by Gasteiger charge is -2.11. The standard InChI is InChI=1S/C17H25N5O.HI/c1-3-18-17(20-13-11-15-8-5-4-6-9-15)19-12-7-10-16-21-14(2)22-23-16;/h4-6,8-9H,3,7,10-13H2,1-2H3,(H2,18,19,20);1H. The molecule has 1 aromatic heterocycles. The van der Waals surface area contributed by atoms with E-state index < -0.39 is 0 Å². The van der Waals surface area contributed by atoms with Gasteiger partial charge in [0.15, 0.2) is 11.8 Å². The third-order valence-electron chi connectivity index (χ3n) is 3.28. The maximum Gasteiger partial charge on any atom is 0.226 e. The molecule has 1 aromatic carbocycles. The number of benzene rings is 1. The van der Waals surface area contributed by atoms with E-state index in [1.807, 2.05) is 13.0 Å². The molecule has 0 saturated carbocycles. The van der Waals surface area contributed by atoms with Gasteiger partial charge in [0.05, 0.1) is 0 Å². The van der Waals surface area contributed by atoms with E-state index in [1.54, 1.807) is 0 Å². The van der Waals surface area contributed by atoms with Crippen LogP contribution in [0.5, 0.6) is 0 Å². The van der Waals surface area contributed by atoms with Gasteiger partial charge in [-0.3, -0.25) is 4.99 Å². The first kappa shape index (κ1) is 20.4. The van der Waals surface area contributed by atoms with Gasteiger partial charge in [-0.05, 0) is 32.3 Å². The van der Waals surface area contributed by atoms with Crippen molar-refractivity contribution in [2.45, 2.75) is 33.1 Å². The number of aliphatic imine (C=N–C) groups is 1. The van der Waals surface area contributed by atoms with Crippen LogP contribution in [0.25, 0.3) is 0 Å². The van der Waals surface area contributed by atoms with Crippen LogP contribution in [0.4, 0.5) is 0 Å². The zero-order valence-corrected chi connectivity index (χ0v) is 16.6. The van der Waals surface area contributed by atoms with Crippen LogP contribution in [0.15, 0.2) is 39.8 Å². The molecule has 6 nitrogen and oxygen atoms in total. The summed E-state index contributed by atoms with van der Waals surface area (Å²) in [6.45, 7) is 6.32. The van der Waals surface area contributed by atoms with Crippen molar-refractivity contribution < 1.29 is 4.52 Å². The summed E-state index contributed by atoms with van der Waals surface area (Å²) in [6.07, 6.45) is 2.62. The van der Waals surface area contributed by atoms with Gasteiger partial charge >= 0.3 is 0 Å². The highest BCUT2D eigenvalue weighted by Gasteiger charge is 2.02. The quantitative estimate of drug-likeness (QED) is 0.284. The van der Waals surface area contributed by atoms with Gasteiger partial charge in [-0.25, -0.2) is 0 Å². The van der Waals surface area contributed by atoms with Crippen LogP contribution in [0, 0.1) is 6.92 Å². The second-order valence-electron chi connectivity index (χ2n) is 5.26. The Balaban J connectivity index is 0.00000288. The molecule has 0 unspecified atom stereocenters. The van der Waals surface area contributed by atoms with E-state index in [-0.39, 0.29) is 24.0 Å². The molecule has 1 heterocycles. The number of hydrogen-bond acceptors (Lipinski definition) is 4. The van der Waals surface area contributed by atoms with Crippen molar-refractivity contribution in [1.29, 1.82) is 0 Å². The number of halogens is 1. The molecule has 132 valence electrons. The SMILES string of the molecule is CCNC(=NCCCc1nc(C)no1)NCCc1ccccc1.I. The number of guanidine groups is 1. The fourth-order valence-electron chi connectivity index (χ4n) is 2.17. The third kappa shape index (κ3) is 7.76. The topological polar surface area (TPSA) is 75.3 Å². The van der Waals surface area contributed by atoms with Crippen molar-refractivity contribution >= 4 is 29.9 Å². The summed E-state index contributed by atoms with van der Waals surface area (Å²) < 4.78 is 5.09. The lowest BCUT2D eigenvalue weighted by Crippen LogP contribution is -2.38. The molecule has 2 N–H and O–H groups in total. The maximum absolute atomic E-state index is 5.09. The second-order valence-corrected chi connectivity index (χ2v) is 5.26. The molecule has 0 amide bonds. The molecule has 24 heavy (non-hydrogen) atoms. The lowest BCUT2D eigenvalue weighted by molar-refractivity contribution is 0.372. The molecule has 0 aliphatic rings. The van der Waals surface area contributed by atoms with Crippen molar-refractivity contribution in [3.63, 3.8) is 0 Å². The fraction of sp³-hybridized carbons (Fsp3) is 0.471. The van der Waals surface area contributed by atoms with Gasteiger partial charge in [-0.15, -0.1) is 24.0 Å². The van der Waals surface area contributed by atoms with Crippen LogP contribution in [0.3, 0.4) is 0 Å². The van der Waals surface area contributed by atoms with Gasteiger partial charge in [0.1, 0.15) is 0 Å². The highest BCUT2D eigenvalue weighted by atomic mass is 127. The molecule has 0 spiro atoms. The molecule has 0 aliphatic carbocycles. The fourth-order valence-corrected chi connectivity index (χ4v) is 2.17. The van der Waals surface area contributed by atoms with E-state index >= 15 is 0 Å². The highest BCUT2D eigenvalue weighted by molar-refractivity contribution is 14.0. The average molecular weight is 443 g/mol. The number of aromatic nitrogens is 2. The Hall–Kier alpha value is -1.64. The minimum Gasteiger partial charge on any atom is -0.357 e. The number of nitrogens with zero attached hydrogens (tertiary/aromatic N) is 3. The van der Waals surface area contributed by atoms with E-state index in [1.165, 1.54) is 5.56 Å². The normalized spacial score (nSPS) is 11.0. The van der Waals surface area contributed by atoms with Gasteiger partial charge in [-0.1, -0.05) is 35.5 Å². The Kier molecular flexibility index (Phi) is 10.1. The number of nitrogens with one attached hydrogen (secondary N) is 2. The third-order valence-corrected chi connectivity index (χ3v) is 3.28. The van der Waals surface area contributed by atoms with Crippen LogP contribution >= 0.6 is 24.0 Å². The molecular weight excluding hydrogens is 417 g/mol. The summed E-state index contributed by atoms with van der Waals surface area (Å²) in [5, 5.41) is 10.4. The zero-order chi connectivity index (χ0) is 16.3. The summed E-state index contributed by atoms with van der Waals surface area (Å²) in [5.74, 6) is 2.21. The minimum absolute atomic E-state index is 0. The Morgan fingerprint density at radius 3 is 2.62 bits per heavy atom. The van der Waals surface area contributed by atoms with E-state index in [0.717, 1.165) is 44.9 Å². The van der Waals surface area contributed by atoms with E-state index in [2.05, 4.69) is 57.0 Å². The molecule has 0 bridgehead atoms. The van der Waals surface area contributed by atoms with Crippen molar-refractivity contribution in [2.24, 2.45) is 4.99 Å². The number of aryl methyl sites for hydroxylation is 2. The Morgan fingerprint density at radius 2 is 1.96 bits per heavy atom. The molecular formula is C17H26IN5O. The monoisotopic (exact) mass is 443 g/mol. The largest absolute Gasteiger partial charge is 0.357 e. The van der Waals surface area contributed by atoms with Crippen molar-refractivity contribution in [3.05, 3.63) is 47.6 Å². The van der Waals surface area contributed by atoms with Crippen molar-refractivity contribution in [1.82, 2.24) is 20.8 Å². The van der Waals surface area contributed by atoms with Gasteiger partial charge in [0.25, 0.3) is 0 Å². The van der Waals surface area contributed by atoms with Gasteiger partial charge in [0.2, 0.25) is 5.89 Å². The summed E-state index contributed by atoms with van der Waals surface area (Å²) in [6, 6.07) is 10.4. The number of rotatable bonds is 8. The minimum atomic E-state index is 0.